The molecular weight excluding hydrogens is 309 g/mol. The van der Waals surface area contributed by atoms with E-state index in [9.17, 15) is 4.39 Å². The van der Waals surface area contributed by atoms with Crippen LogP contribution in [0.15, 0.2) is 42.5 Å². The van der Waals surface area contributed by atoms with Gasteiger partial charge in [0.05, 0.1) is 16.4 Å². The molecule has 0 saturated carbocycles. The molecule has 0 fully saturated rings. The molecule has 0 unspecified atom stereocenters. The van der Waals surface area contributed by atoms with Crippen LogP contribution < -0.4 is 21.3 Å². The van der Waals surface area contributed by atoms with Crippen molar-refractivity contribution in [3.05, 3.63) is 58.9 Å². The van der Waals surface area contributed by atoms with Crippen molar-refractivity contribution in [1.29, 1.82) is 0 Å². The fourth-order valence-corrected chi connectivity index (χ4v) is 1.75. The van der Waals surface area contributed by atoms with E-state index in [1.807, 2.05) is 6.92 Å². The number of hydrogen-bond acceptors (Lipinski definition) is 6. The van der Waals surface area contributed by atoms with Crippen molar-refractivity contribution in [2.45, 2.75) is 6.92 Å². The Morgan fingerprint density at radius 3 is 2.77 bits per heavy atom. The standard InChI is InChI=1S/C14H15ClFN5O/c1-9-5-19-14(20-6-9)22-8-10(17)7-21(18)12-4-2-3-11(15)13(12)16/h2-7H,8,17-18H2,1H3/b10-7-. The van der Waals surface area contributed by atoms with E-state index in [0.29, 0.717) is 0 Å². The third-order valence-electron chi connectivity index (χ3n) is 2.64. The summed E-state index contributed by atoms with van der Waals surface area (Å²) in [5, 5.41) is 1.01. The van der Waals surface area contributed by atoms with E-state index in [4.69, 9.17) is 27.9 Å². The molecule has 0 aliphatic rings. The van der Waals surface area contributed by atoms with Crippen molar-refractivity contribution in [3.63, 3.8) is 0 Å². The number of nitrogens with zero attached hydrogens (tertiary/aromatic N) is 3. The van der Waals surface area contributed by atoms with Gasteiger partial charge >= 0.3 is 6.01 Å². The Bertz CT molecular complexity index is 677. The molecule has 4 N–H and O–H groups in total. The number of aromatic nitrogens is 2. The second-order valence-electron chi connectivity index (χ2n) is 4.52. The number of halogens is 2. The van der Waals surface area contributed by atoms with Gasteiger partial charge in [-0.25, -0.2) is 20.2 Å². The van der Waals surface area contributed by atoms with Gasteiger partial charge in [-0.3, -0.25) is 5.01 Å². The van der Waals surface area contributed by atoms with Gasteiger partial charge in [-0.15, -0.1) is 0 Å². The maximum Gasteiger partial charge on any atom is 0.316 e. The minimum atomic E-state index is -0.626. The highest BCUT2D eigenvalue weighted by atomic mass is 35.5. The van der Waals surface area contributed by atoms with Gasteiger partial charge in [0.25, 0.3) is 0 Å². The zero-order valence-electron chi connectivity index (χ0n) is 11.8. The highest BCUT2D eigenvalue weighted by Crippen LogP contribution is 2.24. The molecule has 0 saturated heterocycles. The Morgan fingerprint density at radius 2 is 2.09 bits per heavy atom. The number of nitrogens with two attached hydrogens (primary N) is 2. The minimum absolute atomic E-state index is 0.0128. The molecule has 1 aromatic carbocycles. The first-order chi connectivity index (χ1) is 10.5. The molecule has 0 bridgehead atoms. The monoisotopic (exact) mass is 323 g/mol. The Balaban J connectivity index is 2.02. The van der Waals surface area contributed by atoms with Crippen LogP contribution in [0.25, 0.3) is 0 Å². The second-order valence-corrected chi connectivity index (χ2v) is 4.92. The lowest BCUT2D eigenvalue weighted by molar-refractivity contribution is 0.321. The number of hydrazine groups is 1. The predicted octanol–water partition coefficient (Wildman–Crippen LogP) is 2.14. The average molecular weight is 324 g/mol. The van der Waals surface area contributed by atoms with Crippen molar-refractivity contribution in [3.8, 4) is 6.01 Å². The van der Waals surface area contributed by atoms with E-state index in [0.717, 1.165) is 10.6 Å². The Morgan fingerprint density at radius 1 is 1.41 bits per heavy atom. The lowest BCUT2D eigenvalue weighted by Crippen LogP contribution is -2.28. The van der Waals surface area contributed by atoms with Gasteiger partial charge in [-0.05, 0) is 24.6 Å². The van der Waals surface area contributed by atoms with Crippen LogP contribution >= 0.6 is 11.6 Å². The molecule has 6 nitrogen and oxygen atoms in total. The Hall–Kier alpha value is -2.38. The van der Waals surface area contributed by atoms with Gasteiger partial charge in [0.15, 0.2) is 5.82 Å². The minimum Gasteiger partial charge on any atom is -0.457 e. The van der Waals surface area contributed by atoms with E-state index in [1.54, 1.807) is 18.5 Å². The third-order valence-corrected chi connectivity index (χ3v) is 2.93. The molecule has 2 aromatic rings. The summed E-state index contributed by atoms with van der Waals surface area (Å²) in [6.07, 6.45) is 4.58. The highest BCUT2D eigenvalue weighted by molar-refractivity contribution is 6.31. The molecule has 1 aromatic heterocycles. The maximum atomic E-state index is 13.8. The molecule has 0 radical (unpaired) electrons. The van der Waals surface area contributed by atoms with E-state index in [2.05, 4.69) is 9.97 Å². The van der Waals surface area contributed by atoms with Gasteiger partial charge in [0.1, 0.15) is 6.61 Å². The first-order valence-corrected chi connectivity index (χ1v) is 6.70. The smallest absolute Gasteiger partial charge is 0.316 e. The lowest BCUT2D eigenvalue weighted by Gasteiger charge is -2.16. The zero-order chi connectivity index (χ0) is 16.1. The van der Waals surface area contributed by atoms with Crippen LogP contribution in [0.4, 0.5) is 10.1 Å². The van der Waals surface area contributed by atoms with Gasteiger partial charge in [0.2, 0.25) is 0 Å². The molecule has 0 aliphatic heterocycles. The summed E-state index contributed by atoms with van der Waals surface area (Å²) in [4.78, 5) is 7.95. The van der Waals surface area contributed by atoms with Gasteiger partial charge in [-0.1, -0.05) is 17.7 Å². The van der Waals surface area contributed by atoms with Crippen molar-refractivity contribution >= 4 is 17.3 Å². The van der Waals surface area contributed by atoms with Crippen LogP contribution in [0.2, 0.25) is 5.02 Å². The summed E-state index contributed by atoms with van der Waals surface area (Å²) >= 11 is 5.70. The first kappa shape index (κ1) is 16.0. The van der Waals surface area contributed by atoms with Gasteiger partial charge in [0, 0.05) is 18.6 Å². The predicted molar refractivity (Wildman–Crippen MR) is 82.6 cm³/mol. The average Bonchev–Trinajstić information content (AvgIpc) is 2.49. The molecule has 2 rings (SSSR count). The van der Waals surface area contributed by atoms with Crippen LogP contribution in [0.1, 0.15) is 5.56 Å². The molecule has 0 atom stereocenters. The van der Waals surface area contributed by atoms with Crippen LogP contribution in [0.5, 0.6) is 6.01 Å². The molecule has 8 heteroatoms. The molecule has 0 spiro atoms. The number of anilines is 1. The van der Waals surface area contributed by atoms with Gasteiger partial charge in [-0.2, -0.15) is 0 Å². The number of rotatable bonds is 5. The summed E-state index contributed by atoms with van der Waals surface area (Å²) in [5.41, 5.74) is 7.07. The maximum absolute atomic E-state index is 13.8. The summed E-state index contributed by atoms with van der Waals surface area (Å²) in [6, 6.07) is 4.69. The SMILES string of the molecule is Cc1cnc(OC/C(N)=C/N(N)c2cccc(Cl)c2F)nc1. The Kier molecular flexibility index (Phi) is 5.13. The highest BCUT2D eigenvalue weighted by Gasteiger charge is 2.10. The largest absolute Gasteiger partial charge is 0.457 e. The summed E-state index contributed by atoms with van der Waals surface area (Å²) in [6.45, 7) is 1.88. The van der Waals surface area contributed by atoms with E-state index < -0.39 is 5.82 Å². The zero-order valence-corrected chi connectivity index (χ0v) is 12.6. The summed E-state index contributed by atoms with van der Waals surface area (Å²) in [7, 11) is 0. The molecule has 22 heavy (non-hydrogen) atoms. The molecule has 0 amide bonds. The van der Waals surface area contributed by atoms with E-state index >= 15 is 0 Å². The summed E-state index contributed by atoms with van der Waals surface area (Å²) in [5.74, 6) is 5.12. The third kappa shape index (κ3) is 4.06. The normalized spacial score (nSPS) is 11.4. The van der Waals surface area contributed by atoms with E-state index in [-0.39, 0.29) is 29.0 Å². The molecule has 1 heterocycles. The first-order valence-electron chi connectivity index (χ1n) is 6.33. The van der Waals surface area contributed by atoms with Crippen LogP contribution in [-0.2, 0) is 0 Å². The van der Waals surface area contributed by atoms with Crippen LogP contribution in [0.3, 0.4) is 0 Å². The van der Waals surface area contributed by atoms with Crippen LogP contribution in [0, 0.1) is 12.7 Å². The topological polar surface area (TPSA) is 90.3 Å². The lowest BCUT2D eigenvalue weighted by atomic mass is 10.3. The number of aryl methyl sites for hydroxylation is 1. The van der Waals surface area contributed by atoms with E-state index in [1.165, 1.54) is 18.3 Å². The number of ether oxygens (including phenoxy) is 1. The quantitative estimate of drug-likeness (QED) is 0.647. The molecule has 0 aliphatic carbocycles. The fourth-order valence-electron chi connectivity index (χ4n) is 1.58. The summed E-state index contributed by atoms with van der Waals surface area (Å²) < 4.78 is 19.1. The van der Waals surface area contributed by atoms with Crippen molar-refractivity contribution in [1.82, 2.24) is 9.97 Å². The Labute approximate surface area is 132 Å². The van der Waals surface area contributed by atoms with Crippen molar-refractivity contribution in [2.24, 2.45) is 11.6 Å². The number of hydrogen-bond donors (Lipinski definition) is 2. The molecule has 116 valence electrons. The second kappa shape index (κ2) is 7.06. The fraction of sp³-hybridized carbons (Fsp3) is 0.143. The van der Waals surface area contributed by atoms with Crippen LogP contribution in [-0.4, -0.2) is 16.6 Å². The van der Waals surface area contributed by atoms with Crippen molar-refractivity contribution < 1.29 is 9.13 Å². The number of benzene rings is 1. The van der Waals surface area contributed by atoms with Gasteiger partial charge < -0.3 is 10.5 Å². The van der Waals surface area contributed by atoms with Crippen molar-refractivity contribution in [2.75, 3.05) is 11.6 Å². The molecular formula is C14H15ClFN5O.